The Balaban J connectivity index is 1.37. The summed E-state index contributed by atoms with van der Waals surface area (Å²) >= 11 is 2.84. The maximum absolute atomic E-state index is 12.8. The van der Waals surface area contributed by atoms with Crippen molar-refractivity contribution in [2.24, 2.45) is 0 Å². The average molecular weight is 442 g/mol. The minimum Gasteiger partial charge on any atom is -0.465 e. The smallest absolute Gasteiger partial charge is 0.337 e. The van der Waals surface area contributed by atoms with Crippen LogP contribution in [-0.4, -0.2) is 36.4 Å². The summed E-state index contributed by atoms with van der Waals surface area (Å²) in [6.45, 7) is 0.563. The van der Waals surface area contributed by atoms with E-state index in [-0.39, 0.29) is 18.2 Å². The number of esters is 1. The Morgan fingerprint density at radius 1 is 1.20 bits per heavy atom. The molecule has 2 amide bonds. The summed E-state index contributed by atoms with van der Waals surface area (Å²) < 4.78 is 4.75. The summed E-state index contributed by atoms with van der Waals surface area (Å²) in [5, 5.41) is 7.00. The maximum atomic E-state index is 12.8. The number of hydrogen-bond acceptors (Lipinski definition) is 7. The van der Waals surface area contributed by atoms with Gasteiger partial charge in [0.1, 0.15) is 0 Å². The zero-order valence-electron chi connectivity index (χ0n) is 16.2. The lowest BCUT2D eigenvalue weighted by molar-refractivity contribution is -0.118. The van der Waals surface area contributed by atoms with Gasteiger partial charge in [-0.1, -0.05) is 6.07 Å². The van der Waals surface area contributed by atoms with Crippen molar-refractivity contribution in [3.63, 3.8) is 0 Å². The van der Waals surface area contributed by atoms with Crippen molar-refractivity contribution in [2.45, 2.75) is 19.3 Å². The Kier molecular flexibility index (Phi) is 5.91. The molecule has 0 radical (unpaired) electrons. The molecule has 1 N–H and O–H groups in total. The predicted octanol–water partition coefficient (Wildman–Crippen LogP) is 3.30. The van der Waals surface area contributed by atoms with Crippen molar-refractivity contribution >= 4 is 51.3 Å². The summed E-state index contributed by atoms with van der Waals surface area (Å²) in [7, 11) is 1.35. The van der Waals surface area contributed by atoms with Gasteiger partial charge in [-0.2, -0.15) is 0 Å². The highest BCUT2D eigenvalue weighted by molar-refractivity contribution is 7.14. The third-order valence-electron chi connectivity index (χ3n) is 4.74. The van der Waals surface area contributed by atoms with Crippen molar-refractivity contribution in [1.82, 2.24) is 4.98 Å². The van der Waals surface area contributed by atoms with Gasteiger partial charge in [0.15, 0.2) is 5.13 Å². The van der Waals surface area contributed by atoms with E-state index in [1.54, 1.807) is 28.5 Å². The fourth-order valence-corrected chi connectivity index (χ4v) is 4.77. The molecule has 0 bridgehead atoms. The Bertz CT molecular complexity index is 1090. The van der Waals surface area contributed by atoms with Crippen LogP contribution in [0.3, 0.4) is 0 Å². The topological polar surface area (TPSA) is 88.6 Å². The summed E-state index contributed by atoms with van der Waals surface area (Å²) in [4.78, 5) is 43.7. The van der Waals surface area contributed by atoms with Crippen molar-refractivity contribution in [3.8, 4) is 0 Å². The van der Waals surface area contributed by atoms with Crippen molar-refractivity contribution in [3.05, 3.63) is 62.8 Å². The van der Waals surface area contributed by atoms with Crippen LogP contribution in [0.1, 0.15) is 26.5 Å². The van der Waals surface area contributed by atoms with Gasteiger partial charge in [-0.15, -0.1) is 22.7 Å². The van der Waals surface area contributed by atoms with Gasteiger partial charge in [-0.3, -0.25) is 9.59 Å². The van der Waals surface area contributed by atoms with E-state index >= 15 is 0 Å². The highest BCUT2D eigenvalue weighted by Gasteiger charge is 2.26. The number of anilines is 2. The van der Waals surface area contributed by atoms with E-state index in [4.69, 9.17) is 4.74 Å². The minimum absolute atomic E-state index is 0.0682. The van der Waals surface area contributed by atoms with E-state index in [0.29, 0.717) is 35.8 Å². The Morgan fingerprint density at radius 2 is 2.07 bits per heavy atom. The Labute approximate surface area is 181 Å². The number of hydrogen-bond donors (Lipinski definition) is 1. The molecule has 3 heterocycles. The summed E-state index contributed by atoms with van der Waals surface area (Å²) in [6, 6.07) is 9.05. The van der Waals surface area contributed by atoms with Crippen LogP contribution in [-0.2, 0) is 33.6 Å². The van der Waals surface area contributed by atoms with Crippen LogP contribution in [0.4, 0.5) is 10.8 Å². The lowest BCUT2D eigenvalue weighted by atomic mass is 10.1. The van der Waals surface area contributed by atoms with Crippen LogP contribution in [0.2, 0.25) is 0 Å². The SMILES string of the molecule is COC(=O)c1ccc2c(c1)CCN2C(=O)Cc1csc(NC(=O)Cc2cccs2)n1. The second-order valence-corrected chi connectivity index (χ2v) is 8.65. The largest absolute Gasteiger partial charge is 0.465 e. The van der Waals surface area contributed by atoms with Crippen LogP contribution >= 0.6 is 22.7 Å². The van der Waals surface area contributed by atoms with Crippen LogP contribution in [0.5, 0.6) is 0 Å². The number of fused-ring (bicyclic) bond motifs is 1. The van der Waals surface area contributed by atoms with E-state index in [0.717, 1.165) is 16.1 Å². The molecule has 4 rings (SSSR count). The summed E-state index contributed by atoms with van der Waals surface area (Å²) in [6.07, 6.45) is 1.14. The second kappa shape index (κ2) is 8.76. The summed E-state index contributed by atoms with van der Waals surface area (Å²) in [5.74, 6) is -0.584. The van der Waals surface area contributed by atoms with E-state index < -0.39 is 5.97 Å². The number of ether oxygens (including phenoxy) is 1. The number of nitrogens with one attached hydrogen (secondary N) is 1. The third-order valence-corrected chi connectivity index (χ3v) is 6.43. The fraction of sp³-hybridized carbons (Fsp3) is 0.238. The average Bonchev–Trinajstić information content (AvgIpc) is 3.48. The Hall–Kier alpha value is -3.04. The van der Waals surface area contributed by atoms with Crippen molar-refractivity contribution < 1.29 is 19.1 Å². The number of benzene rings is 1. The second-order valence-electron chi connectivity index (χ2n) is 6.76. The molecule has 9 heteroatoms. The van der Waals surface area contributed by atoms with Crippen molar-refractivity contribution in [1.29, 1.82) is 0 Å². The van der Waals surface area contributed by atoms with Gasteiger partial charge in [0.25, 0.3) is 0 Å². The molecular weight excluding hydrogens is 422 g/mol. The molecule has 7 nitrogen and oxygen atoms in total. The number of nitrogens with zero attached hydrogens (tertiary/aromatic N) is 2. The van der Waals surface area contributed by atoms with Gasteiger partial charge >= 0.3 is 5.97 Å². The molecular formula is C21H19N3O4S2. The van der Waals surface area contributed by atoms with Gasteiger partial charge in [0.05, 0.1) is 31.2 Å². The molecule has 0 aliphatic carbocycles. The zero-order valence-corrected chi connectivity index (χ0v) is 17.8. The molecule has 1 aliphatic rings. The molecule has 0 unspecified atom stereocenters. The highest BCUT2D eigenvalue weighted by Crippen LogP contribution is 2.30. The molecule has 30 heavy (non-hydrogen) atoms. The fourth-order valence-electron chi connectivity index (χ4n) is 3.34. The standard InChI is InChI=1S/C21H19N3O4S2/c1-28-20(27)14-4-5-17-13(9-14)6-7-24(17)19(26)10-15-12-30-21(22-15)23-18(25)11-16-3-2-8-29-16/h2-5,8-9,12H,6-7,10-11H2,1H3,(H,22,23,25). The number of rotatable bonds is 6. The van der Waals surface area contributed by atoms with Gasteiger partial charge in [0, 0.05) is 22.5 Å². The lowest BCUT2D eigenvalue weighted by Gasteiger charge is -2.17. The monoisotopic (exact) mass is 441 g/mol. The zero-order chi connectivity index (χ0) is 21.1. The highest BCUT2D eigenvalue weighted by atomic mass is 32.1. The summed E-state index contributed by atoms with van der Waals surface area (Å²) in [5.41, 5.74) is 2.86. The van der Waals surface area contributed by atoms with Gasteiger partial charge in [-0.25, -0.2) is 9.78 Å². The number of carbonyl (C=O) groups is 3. The van der Waals surface area contributed by atoms with E-state index in [2.05, 4.69) is 10.3 Å². The molecule has 1 aliphatic heterocycles. The normalized spacial score (nSPS) is 12.5. The van der Waals surface area contributed by atoms with Gasteiger partial charge < -0.3 is 15.0 Å². The third kappa shape index (κ3) is 4.42. The number of thiophene rings is 1. The quantitative estimate of drug-likeness (QED) is 0.593. The van der Waals surface area contributed by atoms with E-state index in [1.165, 1.54) is 29.8 Å². The van der Waals surface area contributed by atoms with Crippen molar-refractivity contribution in [2.75, 3.05) is 23.9 Å². The first-order valence-electron chi connectivity index (χ1n) is 9.31. The predicted molar refractivity (Wildman–Crippen MR) is 116 cm³/mol. The molecule has 3 aromatic rings. The lowest BCUT2D eigenvalue weighted by Crippen LogP contribution is -2.30. The molecule has 0 spiro atoms. The number of aromatic nitrogens is 1. The first-order chi connectivity index (χ1) is 14.5. The van der Waals surface area contributed by atoms with Gasteiger partial charge in [-0.05, 0) is 41.6 Å². The van der Waals surface area contributed by atoms with Crippen LogP contribution in [0.25, 0.3) is 0 Å². The molecule has 0 saturated carbocycles. The van der Waals surface area contributed by atoms with Crippen LogP contribution in [0.15, 0.2) is 41.1 Å². The molecule has 0 atom stereocenters. The van der Waals surface area contributed by atoms with E-state index in [1.807, 2.05) is 17.5 Å². The minimum atomic E-state index is -0.390. The first kappa shape index (κ1) is 20.2. The first-order valence-corrected chi connectivity index (χ1v) is 11.1. The molecule has 0 fully saturated rings. The molecule has 2 aromatic heterocycles. The molecule has 1 aromatic carbocycles. The molecule has 0 saturated heterocycles. The Morgan fingerprint density at radius 3 is 2.83 bits per heavy atom. The number of thiazole rings is 1. The van der Waals surface area contributed by atoms with Crippen LogP contribution in [0, 0.1) is 0 Å². The number of amides is 2. The maximum Gasteiger partial charge on any atom is 0.337 e. The molecule has 154 valence electrons. The number of carbonyl (C=O) groups excluding carboxylic acids is 3. The van der Waals surface area contributed by atoms with Crippen LogP contribution < -0.4 is 10.2 Å². The van der Waals surface area contributed by atoms with Gasteiger partial charge in [0.2, 0.25) is 11.8 Å². The van der Waals surface area contributed by atoms with E-state index in [9.17, 15) is 14.4 Å². The number of methoxy groups -OCH3 is 1.